The van der Waals surface area contributed by atoms with Crippen LogP contribution in [0, 0.1) is 0 Å². The van der Waals surface area contributed by atoms with Crippen molar-refractivity contribution in [3.05, 3.63) is 28.2 Å². The van der Waals surface area contributed by atoms with E-state index in [2.05, 4.69) is 15.9 Å². The van der Waals surface area contributed by atoms with Crippen molar-refractivity contribution >= 4 is 15.9 Å². The van der Waals surface area contributed by atoms with Crippen LogP contribution in [-0.2, 0) is 0 Å². The summed E-state index contributed by atoms with van der Waals surface area (Å²) in [7, 11) is 0. The zero-order chi connectivity index (χ0) is 11.4. The van der Waals surface area contributed by atoms with Gasteiger partial charge in [-0.15, -0.1) is 0 Å². The molecule has 15 heavy (non-hydrogen) atoms. The fraction of sp³-hybridized carbons (Fsp3) is 0.455. The molecule has 0 spiro atoms. The SMILES string of the molecule is CCOc1ccc(Br)cc1[C@@H](N)[C@H](C)O. The molecule has 0 unspecified atom stereocenters. The van der Waals surface area contributed by atoms with Crippen molar-refractivity contribution in [3.63, 3.8) is 0 Å². The molecule has 4 heteroatoms. The lowest BCUT2D eigenvalue weighted by Gasteiger charge is -2.19. The van der Waals surface area contributed by atoms with Gasteiger partial charge in [-0.3, -0.25) is 0 Å². The molecule has 0 aliphatic rings. The van der Waals surface area contributed by atoms with Gasteiger partial charge in [-0.1, -0.05) is 15.9 Å². The third-order valence-corrected chi connectivity index (χ3v) is 2.64. The molecule has 3 N–H and O–H groups in total. The number of aliphatic hydroxyl groups is 1. The van der Waals surface area contributed by atoms with Crippen LogP contribution in [0.3, 0.4) is 0 Å². The smallest absolute Gasteiger partial charge is 0.124 e. The molecule has 0 aliphatic heterocycles. The summed E-state index contributed by atoms with van der Waals surface area (Å²) in [4.78, 5) is 0. The highest BCUT2D eigenvalue weighted by atomic mass is 79.9. The number of ether oxygens (including phenoxy) is 1. The average Bonchev–Trinajstić information content (AvgIpc) is 2.20. The zero-order valence-electron chi connectivity index (χ0n) is 8.90. The third-order valence-electron chi connectivity index (χ3n) is 2.15. The minimum Gasteiger partial charge on any atom is -0.494 e. The summed E-state index contributed by atoms with van der Waals surface area (Å²) in [6.45, 7) is 4.17. The molecule has 0 bridgehead atoms. The van der Waals surface area contributed by atoms with Gasteiger partial charge in [0.25, 0.3) is 0 Å². The Morgan fingerprint density at radius 3 is 2.73 bits per heavy atom. The molecule has 0 aliphatic carbocycles. The summed E-state index contributed by atoms with van der Waals surface area (Å²) in [6, 6.07) is 5.20. The Hall–Kier alpha value is -0.580. The Balaban J connectivity index is 3.06. The number of hydrogen-bond acceptors (Lipinski definition) is 3. The van der Waals surface area contributed by atoms with Crippen LogP contribution in [0.5, 0.6) is 5.75 Å². The topological polar surface area (TPSA) is 55.5 Å². The summed E-state index contributed by atoms with van der Waals surface area (Å²) in [5, 5.41) is 9.46. The summed E-state index contributed by atoms with van der Waals surface area (Å²) < 4.78 is 6.38. The molecule has 84 valence electrons. The van der Waals surface area contributed by atoms with Crippen LogP contribution in [0.15, 0.2) is 22.7 Å². The first-order chi connectivity index (χ1) is 7.06. The highest BCUT2D eigenvalue weighted by Crippen LogP contribution is 2.29. The molecule has 0 aromatic heterocycles. The average molecular weight is 274 g/mol. The molecule has 0 amide bonds. The van der Waals surface area contributed by atoms with Crippen molar-refractivity contribution in [2.75, 3.05) is 6.61 Å². The van der Waals surface area contributed by atoms with E-state index in [4.69, 9.17) is 10.5 Å². The van der Waals surface area contributed by atoms with Gasteiger partial charge in [-0.05, 0) is 32.0 Å². The van der Waals surface area contributed by atoms with E-state index in [0.717, 1.165) is 15.8 Å². The maximum atomic E-state index is 9.46. The van der Waals surface area contributed by atoms with Gasteiger partial charge < -0.3 is 15.6 Å². The van der Waals surface area contributed by atoms with Crippen molar-refractivity contribution in [2.24, 2.45) is 5.73 Å². The highest BCUT2D eigenvalue weighted by molar-refractivity contribution is 9.10. The van der Waals surface area contributed by atoms with Crippen LogP contribution in [0.4, 0.5) is 0 Å². The standard InChI is InChI=1S/C11H16BrNO2/c1-3-15-10-5-4-8(12)6-9(10)11(13)7(2)14/h4-7,11,14H,3,13H2,1-2H3/t7-,11-/m0/s1. The monoisotopic (exact) mass is 273 g/mol. The second-order valence-electron chi connectivity index (χ2n) is 3.38. The third kappa shape index (κ3) is 3.19. The van der Waals surface area contributed by atoms with Crippen LogP contribution < -0.4 is 10.5 Å². The van der Waals surface area contributed by atoms with E-state index in [1.807, 2.05) is 25.1 Å². The minimum absolute atomic E-state index is 0.427. The van der Waals surface area contributed by atoms with Gasteiger partial charge in [0.2, 0.25) is 0 Å². The van der Waals surface area contributed by atoms with Crippen molar-refractivity contribution in [1.82, 2.24) is 0 Å². The van der Waals surface area contributed by atoms with E-state index in [9.17, 15) is 5.11 Å². The Labute approximate surface area is 98.4 Å². The number of halogens is 1. The van der Waals surface area contributed by atoms with E-state index in [-0.39, 0.29) is 0 Å². The summed E-state index contributed by atoms with van der Waals surface area (Å²) in [6.07, 6.45) is -0.599. The van der Waals surface area contributed by atoms with E-state index < -0.39 is 12.1 Å². The molecule has 1 aromatic rings. The van der Waals surface area contributed by atoms with Crippen LogP contribution in [0.25, 0.3) is 0 Å². The predicted molar refractivity (Wildman–Crippen MR) is 63.9 cm³/mol. The van der Waals surface area contributed by atoms with Crippen LogP contribution in [0.1, 0.15) is 25.5 Å². The van der Waals surface area contributed by atoms with Gasteiger partial charge in [-0.25, -0.2) is 0 Å². The molecule has 0 heterocycles. The minimum atomic E-state index is -0.599. The molecular weight excluding hydrogens is 258 g/mol. The quantitative estimate of drug-likeness (QED) is 0.885. The number of nitrogens with two attached hydrogens (primary N) is 1. The normalized spacial score (nSPS) is 14.7. The Kier molecular flexibility index (Phi) is 4.57. The zero-order valence-corrected chi connectivity index (χ0v) is 10.5. The second kappa shape index (κ2) is 5.49. The van der Waals surface area contributed by atoms with E-state index in [0.29, 0.717) is 6.61 Å². The lowest BCUT2D eigenvalue weighted by Crippen LogP contribution is -2.23. The summed E-state index contributed by atoms with van der Waals surface area (Å²) in [5.74, 6) is 0.731. The largest absolute Gasteiger partial charge is 0.494 e. The van der Waals surface area contributed by atoms with E-state index >= 15 is 0 Å². The fourth-order valence-electron chi connectivity index (χ4n) is 1.33. The van der Waals surface area contributed by atoms with Gasteiger partial charge in [0.1, 0.15) is 5.75 Å². The molecule has 1 aromatic carbocycles. The molecule has 0 saturated carbocycles. The number of rotatable bonds is 4. The molecule has 2 atom stereocenters. The molecule has 3 nitrogen and oxygen atoms in total. The summed E-state index contributed by atoms with van der Waals surface area (Å²) >= 11 is 3.37. The molecule has 0 saturated heterocycles. The van der Waals surface area contributed by atoms with Crippen molar-refractivity contribution in [2.45, 2.75) is 26.0 Å². The Morgan fingerprint density at radius 1 is 1.53 bits per heavy atom. The molecule has 1 rings (SSSR count). The Morgan fingerprint density at radius 2 is 2.20 bits per heavy atom. The fourth-order valence-corrected chi connectivity index (χ4v) is 1.71. The van der Waals surface area contributed by atoms with Crippen LogP contribution in [-0.4, -0.2) is 17.8 Å². The van der Waals surface area contributed by atoms with Gasteiger partial charge >= 0.3 is 0 Å². The van der Waals surface area contributed by atoms with Crippen LogP contribution in [0.2, 0.25) is 0 Å². The van der Waals surface area contributed by atoms with Crippen molar-refractivity contribution < 1.29 is 9.84 Å². The first kappa shape index (κ1) is 12.5. The number of aliphatic hydroxyl groups excluding tert-OH is 1. The van der Waals surface area contributed by atoms with Crippen LogP contribution >= 0.6 is 15.9 Å². The highest BCUT2D eigenvalue weighted by Gasteiger charge is 2.17. The number of benzene rings is 1. The van der Waals surface area contributed by atoms with Gasteiger partial charge in [-0.2, -0.15) is 0 Å². The summed E-state index contributed by atoms with van der Waals surface area (Å²) in [5.41, 5.74) is 6.71. The first-order valence-corrected chi connectivity index (χ1v) is 5.71. The Bertz CT molecular complexity index is 328. The molecule has 0 fully saturated rings. The number of hydrogen-bond donors (Lipinski definition) is 2. The van der Waals surface area contributed by atoms with Gasteiger partial charge in [0.05, 0.1) is 18.8 Å². The predicted octanol–water partition coefficient (Wildman–Crippen LogP) is 2.23. The van der Waals surface area contributed by atoms with E-state index in [1.165, 1.54) is 0 Å². The lowest BCUT2D eigenvalue weighted by molar-refractivity contribution is 0.162. The molecule has 0 radical (unpaired) electrons. The van der Waals surface area contributed by atoms with Crippen molar-refractivity contribution in [1.29, 1.82) is 0 Å². The maximum absolute atomic E-state index is 9.46. The first-order valence-electron chi connectivity index (χ1n) is 4.92. The maximum Gasteiger partial charge on any atom is 0.124 e. The molecular formula is C11H16BrNO2. The van der Waals surface area contributed by atoms with Gasteiger partial charge in [0, 0.05) is 10.0 Å². The van der Waals surface area contributed by atoms with Gasteiger partial charge in [0.15, 0.2) is 0 Å². The second-order valence-corrected chi connectivity index (χ2v) is 4.30. The van der Waals surface area contributed by atoms with E-state index in [1.54, 1.807) is 6.92 Å². The lowest BCUT2D eigenvalue weighted by atomic mass is 10.0. The van der Waals surface area contributed by atoms with Crippen molar-refractivity contribution in [3.8, 4) is 5.75 Å².